The lowest BCUT2D eigenvalue weighted by atomic mass is 10.3. The van der Waals surface area contributed by atoms with Gasteiger partial charge in [0.05, 0.1) is 0 Å². The van der Waals surface area contributed by atoms with Gasteiger partial charge in [0.2, 0.25) is 8.32 Å². The van der Waals surface area contributed by atoms with Crippen LogP contribution in [-0.4, -0.2) is 19.7 Å². The van der Waals surface area contributed by atoms with E-state index >= 15 is 0 Å². The maximum absolute atomic E-state index is 9.84. The Labute approximate surface area is 86.0 Å². The Hall–Kier alpha value is -1.06. The van der Waals surface area contributed by atoms with E-state index in [1.54, 1.807) is 6.08 Å². The zero-order valence-corrected chi connectivity index (χ0v) is 9.66. The first-order valence-corrected chi connectivity index (χ1v) is 7.55. The Balaban J connectivity index is 2.73. The van der Waals surface area contributed by atoms with Crippen molar-refractivity contribution < 1.29 is 9.53 Å². The fourth-order valence-corrected chi connectivity index (χ4v) is 2.10. The van der Waals surface area contributed by atoms with Crippen molar-refractivity contribution in [1.29, 1.82) is 0 Å². The Morgan fingerprint density at radius 1 is 1.36 bits per heavy atom. The van der Waals surface area contributed by atoms with Crippen LogP contribution in [0.4, 0.5) is 0 Å². The fourth-order valence-electron chi connectivity index (χ4n) is 1.11. The molecule has 0 atom stereocenters. The van der Waals surface area contributed by atoms with Crippen molar-refractivity contribution in [2.75, 3.05) is 6.61 Å². The van der Waals surface area contributed by atoms with Crippen molar-refractivity contribution in [3.8, 4) is 5.75 Å². The maximum atomic E-state index is 9.84. The molecular weight excluding hydrogens is 192 g/mol. The Kier molecular flexibility index (Phi) is 3.49. The molecule has 1 N–H and O–H groups in total. The third-order valence-corrected chi connectivity index (χ3v) is 3.67. The van der Waals surface area contributed by atoms with Crippen LogP contribution < -0.4 is 9.92 Å². The number of rotatable bonds is 4. The molecule has 76 valence electrons. The van der Waals surface area contributed by atoms with Crippen molar-refractivity contribution in [3.63, 3.8) is 0 Å². The molecule has 0 aromatic heterocycles. The number of benzene rings is 1. The van der Waals surface area contributed by atoms with Gasteiger partial charge in [-0.2, -0.15) is 0 Å². The van der Waals surface area contributed by atoms with Gasteiger partial charge in [-0.3, -0.25) is 0 Å². The highest BCUT2D eigenvalue weighted by Crippen LogP contribution is 2.09. The van der Waals surface area contributed by atoms with Crippen LogP contribution in [0.2, 0.25) is 13.1 Å². The van der Waals surface area contributed by atoms with Crippen molar-refractivity contribution in [2.45, 2.75) is 13.1 Å². The third-order valence-electron chi connectivity index (χ3n) is 1.93. The summed E-state index contributed by atoms with van der Waals surface area (Å²) < 4.78 is 5.34. The molecule has 0 radical (unpaired) electrons. The van der Waals surface area contributed by atoms with Crippen LogP contribution in [0.25, 0.3) is 0 Å². The monoisotopic (exact) mass is 208 g/mol. The van der Waals surface area contributed by atoms with Gasteiger partial charge in [-0.05, 0) is 30.4 Å². The molecule has 0 saturated heterocycles. The quantitative estimate of drug-likeness (QED) is 0.602. The summed E-state index contributed by atoms with van der Waals surface area (Å²) in [5.41, 5.74) is 0. The second-order valence-electron chi connectivity index (χ2n) is 3.68. The predicted octanol–water partition coefficient (Wildman–Crippen LogP) is 1.66. The highest BCUT2D eigenvalue weighted by molar-refractivity contribution is 6.83. The average molecular weight is 208 g/mol. The highest BCUT2D eigenvalue weighted by Gasteiger charge is 2.19. The summed E-state index contributed by atoms with van der Waals surface area (Å²) in [7, 11) is -2.16. The van der Waals surface area contributed by atoms with Gasteiger partial charge in [0.25, 0.3) is 0 Å². The van der Waals surface area contributed by atoms with Gasteiger partial charge in [0.15, 0.2) is 0 Å². The number of ether oxygens (including phenoxy) is 1. The van der Waals surface area contributed by atoms with Gasteiger partial charge in [0, 0.05) is 0 Å². The van der Waals surface area contributed by atoms with E-state index in [4.69, 9.17) is 4.74 Å². The second kappa shape index (κ2) is 4.44. The lowest BCUT2D eigenvalue weighted by Crippen LogP contribution is -2.41. The molecule has 0 heterocycles. The topological polar surface area (TPSA) is 29.5 Å². The Morgan fingerprint density at radius 3 is 2.36 bits per heavy atom. The molecule has 0 bridgehead atoms. The van der Waals surface area contributed by atoms with Crippen molar-refractivity contribution >= 4 is 13.5 Å². The SMILES string of the molecule is C=CCOc1ccc([Si](C)(C)O)cc1. The Morgan fingerprint density at radius 2 is 1.93 bits per heavy atom. The van der Waals surface area contributed by atoms with E-state index in [1.807, 2.05) is 37.4 Å². The molecule has 1 rings (SSSR count). The lowest BCUT2D eigenvalue weighted by Gasteiger charge is -2.14. The zero-order valence-electron chi connectivity index (χ0n) is 8.66. The van der Waals surface area contributed by atoms with E-state index in [9.17, 15) is 4.80 Å². The smallest absolute Gasteiger partial charge is 0.213 e. The van der Waals surface area contributed by atoms with E-state index in [0.29, 0.717) is 6.61 Å². The Bertz CT molecular complexity index is 298. The number of hydrogen-bond donors (Lipinski definition) is 1. The minimum Gasteiger partial charge on any atom is -0.490 e. The third kappa shape index (κ3) is 3.01. The molecule has 2 nitrogen and oxygen atoms in total. The van der Waals surface area contributed by atoms with Gasteiger partial charge in [-0.25, -0.2) is 0 Å². The molecule has 1 aromatic rings. The molecule has 3 heteroatoms. The molecule has 14 heavy (non-hydrogen) atoms. The minimum atomic E-state index is -2.16. The van der Waals surface area contributed by atoms with Gasteiger partial charge in [-0.15, -0.1) is 0 Å². The summed E-state index contributed by atoms with van der Waals surface area (Å²) in [6.07, 6.45) is 1.71. The number of hydrogen-bond acceptors (Lipinski definition) is 2. The van der Waals surface area contributed by atoms with Crippen LogP contribution in [0.5, 0.6) is 5.75 Å². The van der Waals surface area contributed by atoms with Gasteiger partial charge in [0.1, 0.15) is 12.4 Å². The average Bonchev–Trinajstić information content (AvgIpc) is 2.14. The molecule has 0 saturated carbocycles. The first kappa shape index (κ1) is 11.0. The summed E-state index contributed by atoms with van der Waals surface area (Å²) in [6.45, 7) is 7.88. The molecule has 0 aliphatic carbocycles. The fraction of sp³-hybridized carbons (Fsp3) is 0.273. The molecule has 0 unspecified atom stereocenters. The van der Waals surface area contributed by atoms with Gasteiger partial charge >= 0.3 is 0 Å². The highest BCUT2D eigenvalue weighted by atomic mass is 28.4. The van der Waals surface area contributed by atoms with Crippen LogP contribution in [0.1, 0.15) is 0 Å². The molecule has 0 spiro atoms. The van der Waals surface area contributed by atoms with E-state index in [1.165, 1.54) is 0 Å². The summed E-state index contributed by atoms with van der Waals surface area (Å²) >= 11 is 0. The van der Waals surface area contributed by atoms with Crippen LogP contribution in [-0.2, 0) is 0 Å². The van der Waals surface area contributed by atoms with Crippen LogP contribution in [0, 0.1) is 0 Å². The first-order chi connectivity index (χ1) is 6.54. The van der Waals surface area contributed by atoms with E-state index < -0.39 is 8.32 Å². The molecular formula is C11H16O2Si. The van der Waals surface area contributed by atoms with Crippen molar-refractivity contribution in [3.05, 3.63) is 36.9 Å². The predicted molar refractivity (Wildman–Crippen MR) is 61.5 cm³/mol. The van der Waals surface area contributed by atoms with E-state index in [0.717, 1.165) is 10.9 Å². The summed E-state index contributed by atoms with van der Waals surface area (Å²) in [4.78, 5) is 9.84. The molecule has 0 aliphatic rings. The van der Waals surface area contributed by atoms with Gasteiger partial charge < -0.3 is 9.53 Å². The van der Waals surface area contributed by atoms with Gasteiger partial charge in [-0.1, -0.05) is 24.8 Å². The van der Waals surface area contributed by atoms with Crippen LogP contribution >= 0.6 is 0 Å². The molecule has 0 aliphatic heterocycles. The summed E-state index contributed by atoms with van der Waals surface area (Å²) in [5, 5.41) is 1.02. The molecule has 0 amide bonds. The van der Waals surface area contributed by atoms with Crippen molar-refractivity contribution in [2.24, 2.45) is 0 Å². The molecule has 0 fully saturated rings. The summed E-state index contributed by atoms with van der Waals surface area (Å²) in [6, 6.07) is 7.60. The van der Waals surface area contributed by atoms with E-state index in [-0.39, 0.29) is 0 Å². The normalized spacial score (nSPS) is 11.1. The van der Waals surface area contributed by atoms with Crippen LogP contribution in [0.15, 0.2) is 36.9 Å². The maximum Gasteiger partial charge on any atom is 0.213 e. The minimum absolute atomic E-state index is 0.513. The van der Waals surface area contributed by atoms with Crippen LogP contribution in [0.3, 0.4) is 0 Å². The standard InChI is InChI=1S/C11H16O2Si/c1-4-9-13-10-5-7-11(8-6-10)14(2,3)12/h4-8,12H,1,9H2,2-3H3. The lowest BCUT2D eigenvalue weighted by molar-refractivity contribution is 0.363. The van der Waals surface area contributed by atoms with E-state index in [2.05, 4.69) is 6.58 Å². The largest absolute Gasteiger partial charge is 0.490 e. The second-order valence-corrected chi connectivity index (χ2v) is 7.38. The zero-order chi connectivity index (χ0) is 10.6. The first-order valence-electron chi connectivity index (χ1n) is 4.60. The summed E-state index contributed by atoms with van der Waals surface area (Å²) in [5.74, 6) is 0.812. The van der Waals surface area contributed by atoms with Crippen molar-refractivity contribution in [1.82, 2.24) is 0 Å². The molecule has 1 aromatic carbocycles.